The van der Waals surface area contributed by atoms with Gasteiger partial charge in [0.1, 0.15) is 0 Å². The number of nitrogen functional groups attached to an aromatic ring is 1. The Morgan fingerprint density at radius 3 is 3.00 bits per heavy atom. The van der Waals surface area contributed by atoms with Crippen molar-refractivity contribution in [3.05, 3.63) is 34.4 Å². The van der Waals surface area contributed by atoms with E-state index in [0.717, 1.165) is 29.4 Å². The Bertz CT molecular complexity index is 328. The smallest absolute Gasteiger partial charge is 0.0477 e. The lowest BCUT2D eigenvalue weighted by Gasteiger charge is -2.08. The van der Waals surface area contributed by atoms with Crippen molar-refractivity contribution in [1.29, 1.82) is 0 Å². The first-order valence-electron chi connectivity index (χ1n) is 4.71. The van der Waals surface area contributed by atoms with Crippen molar-refractivity contribution in [2.24, 2.45) is 0 Å². The third-order valence-electron chi connectivity index (χ3n) is 1.79. The minimum absolute atomic E-state index is 0.811. The second kappa shape index (κ2) is 7.00. The minimum atomic E-state index is 0.811. The maximum Gasteiger partial charge on any atom is 0.0477 e. The Kier molecular flexibility index (Phi) is 5.93. The maximum absolute atomic E-state index is 5.67. The SMILES string of the molecule is C=CCSCCNc1ccc(N)cc1I. The number of nitrogens with two attached hydrogens (primary N) is 1. The molecule has 1 rings (SSSR count). The van der Waals surface area contributed by atoms with E-state index in [1.165, 1.54) is 3.57 Å². The quantitative estimate of drug-likeness (QED) is 0.363. The van der Waals surface area contributed by atoms with Crippen LogP contribution in [0.15, 0.2) is 30.9 Å². The lowest BCUT2D eigenvalue weighted by atomic mass is 10.3. The van der Waals surface area contributed by atoms with E-state index in [2.05, 4.69) is 34.5 Å². The van der Waals surface area contributed by atoms with Crippen molar-refractivity contribution in [2.75, 3.05) is 29.1 Å². The van der Waals surface area contributed by atoms with Crippen molar-refractivity contribution in [3.63, 3.8) is 0 Å². The molecule has 0 amide bonds. The van der Waals surface area contributed by atoms with Gasteiger partial charge in [-0.3, -0.25) is 0 Å². The lowest BCUT2D eigenvalue weighted by molar-refractivity contribution is 1.22. The number of halogens is 1. The molecule has 0 spiro atoms. The molecule has 0 aromatic heterocycles. The molecular weight excluding hydrogens is 319 g/mol. The monoisotopic (exact) mass is 334 g/mol. The summed E-state index contributed by atoms with van der Waals surface area (Å²) in [4.78, 5) is 0. The molecule has 15 heavy (non-hydrogen) atoms. The molecular formula is C11H15IN2S. The summed E-state index contributed by atoms with van der Waals surface area (Å²) in [7, 11) is 0. The van der Waals surface area contributed by atoms with Gasteiger partial charge >= 0.3 is 0 Å². The second-order valence-electron chi connectivity index (χ2n) is 3.03. The zero-order chi connectivity index (χ0) is 11.1. The lowest BCUT2D eigenvalue weighted by Crippen LogP contribution is -2.05. The Morgan fingerprint density at radius 2 is 2.33 bits per heavy atom. The molecule has 4 heteroatoms. The van der Waals surface area contributed by atoms with Gasteiger partial charge in [0.25, 0.3) is 0 Å². The van der Waals surface area contributed by atoms with E-state index in [1.807, 2.05) is 36.0 Å². The molecule has 0 atom stereocenters. The molecule has 0 bridgehead atoms. The standard InChI is InChI=1S/C11H15IN2S/c1-2-6-15-7-5-14-11-4-3-9(13)8-10(11)12/h2-4,8,14H,1,5-7,13H2. The summed E-state index contributed by atoms with van der Waals surface area (Å²) in [5.74, 6) is 2.10. The average molecular weight is 334 g/mol. The van der Waals surface area contributed by atoms with Crippen LogP contribution in [0.25, 0.3) is 0 Å². The van der Waals surface area contributed by atoms with Crippen LogP contribution in [0.2, 0.25) is 0 Å². The molecule has 0 heterocycles. The van der Waals surface area contributed by atoms with Gasteiger partial charge < -0.3 is 11.1 Å². The first-order chi connectivity index (χ1) is 7.24. The molecule has 0 unspecified atom stereocenters. The van der Waals surface area contributed by atoms with Gasteiger partial charge in [-0.25, -0.2) is 0 Å². The highest BCUT2D eigenvalue weighted by Gasteiger charge is 1.98. The highest BCUT2D eigenvalue weighted by molar-refractivity contribution is 14.1. The van der Waals surface area contributed by atoms with E-state index in [9.17, 15) is 0 Å². The fourth-order valence-corrected chi connectivity index (χ4v) is 2.41. The predicted molar refractivity (Wildman–Crippen MR) is 79.6 cm³/mol. The summed E-state index contributed by atoms with van der Waals surface area (Å²) in [5.41, 5.74) is 7.64. The van der Waals surface area contributed by atoms with E-state index < -0.39 is 0 Å². The van der Waals surface area contributed by atoms with Crippen LogP contribution in [0.5, 0.6) is 0 Å². The Balaban J connectivity index is 2.34. The number of hydrogen-bond acceptors (Lipinski definition) is 3. The minimum Gasteiger partial charge on any atom is -0.399 e. The van der Waals surface area contributed by atoms with E-state index in [1.54, 1.807) is 0 Å². The number of nitrogens with one attached hydrogen (secondary N) is 1. The van der Waals surface area contributed by atoms with Crippen molar-refractivity contribution in [3.8, 4) is 0 Å². The Labute approximate surface area is 109 Å². The van der Waals surface area contributed by atoms with Crippen LogP contribution >= 0.6 is 34.4 Å². The molecule has 0 radical (unpaired) electrons. The molecule has 0 aliphatic heterocycles. The summed E-state index contributed by atoms with van der Waals surface area (Å²) in [6.45, 7) is 4.65. The zero-order valence-corrected chi connectivity index (χ0v) is 11.5. The molecule has 0 saturated carbocycles. The van der Waals surface area contributed by atoms with Gasteiger partial charge in [0.2, 0.25) is 0 Å². The largest absolute Gasteiger partial charge is 0.399 e. The van der Waals surface area contributed by atoms with Gasteiger partial charge in [0.15, 0.2) is 0 Å². The Hall–Kier alpha value is -0.360. The number of rotatable bonds is 6. The van der Waals surface area contributed by atoms with Gasteiger partial charge in [0, 0.05) is 33.0 Å². The molecule has 0 aliphatic rings. The number of thioether (sulfide) groups is 1. The van der Waals surface area contributed by atoms with Crippen molar-refractivity contribution in [1.82, 2.24) is 0 Å². The van der Waals surface area contributed by atoms with E-state index in [0.29, 0.717) is 0 Å². The fraction of sp³-hybridized carbons (Fsp3) is 0.273. The van der Waals surface area contributed by atoms with Crippen molar-refractivity contribution in [2.45, 2.75) is 0 Å². The molecule has 0 saturated heterocycles. The van der Waals surface area contributed by atoms with Crippen LogP contribution in [0.3, 0.4) is 0 Å². The first kappa shape index (κ1) is 12.7. The van der Waals surface area contributed by atoms with Crippen molar-refractivity contribution < 1.29 is 0 Å². The average Bonchev–Trinajstić information content (AvgIpc) is 2.20. The summed E-state index contributed by atoms with van der Waals surface area (Å²) in [5, 5.41) is 3.38. The summed E-state index contributed by atoms with van der Waals surface area (Å²) in [6, 6.07) is 5.91. The van der Waals surface area contributed by atoms with Crippen LogP contribution in [-0.4, -0.2) is 18.1 Å². The van der Waals surface area contributed by atoms with E-state index in [4.69, 9.17) is 5.73 Å². The molecule has 82 valence electrons. The predicted octanol–water partition coefficient (Wildman–Crippen LogP) is 3.20. The van der Waals surface area contributed by atoms with Gasteiger partial charge in [-0.15, -0.1) is 6.58 Å². The van der Waals surface area contributed by atoms with Gasteiger partial charge in [0.05, 0.1) is 0 Å². The van der Waals surface area contributed by atoms with Crippen molar-refractivity contribution >= 4 is 45.7 Å². The molecule has 0 fully saturated rings. The number of anilines is 2. The van der Waals surface area contributed by atoms with Crippen LogP contribution in [-0.2, 0) is 0 Å². The molecule has 1 aromatic rings. The highest BCUT2D eigenvalue weighted by atomic mass is 127. The summed E-state index contributed by atoms with van der Waals surface area (Å²) >= 11 is 4.16. The summed E-state index contributed by atoms with van der Waals surface area (Å²) < 4.78 is 1.17. The fourth-order valence-electron chi connectivity index (χ4n) is 1.10. The molecule has 1 aromatic carbocycles. The van der Waals surface area contributed by atoms with Gasteiger partial charge in [-0.05, 0) is 40.8 Å². The van der Waals surface area contributed by atoms with Gasteiger partial charge in [-0.2, -0.15) is 11.8 Å². The van der Waals surface area contributed by atoms with E-state index >= 15 is 0 Å². The zero-order valence-electron chi connectivity index (χ0n) is 8.50. The van der Waals surface area contributed by atoms with Crippen LogP contribution in [0.1, 0.15) is 0 Å². The first-order valence-corrected chi connectivity index (χ1v) is 6.95. The van der Waals surface area contributed by atoms with Gasteiger partial charge in [-0.1, -0.05) is 6.08 Å². The highest BCUT2D eigenvalue weighted by Crippen LogP contribution is 2.20. The number of hydrogen-bond donors (Lipinski definition) is 2. The van der Waals surface area contributed by atoms with Crippen LogP contribution in [0.4, 0.5) is 11.4 Å². The Morgan fingerprint density at radius 1 is 1.53 bits per heavy atom. The third-order valence-corrected chi connectivity index (χ3v) is 3.65. The van der Waals surface area contributed by atoms with E-state index in [-0.39, 0.29) is 0 Å². The molecule has 0 aliphatic carbocycles. The number of benzene rings is 1. The molecule has 2 nitrogen and oxygen atoms in total. The van der Waals surface area contributed by atoms with Crippen LogP contribution in [0, 0.1) is 3.57 Å². The normalized spacial score (nSPS) is 9.93. The second-order valence-corrected chi connectivity index (χ2v) is 5.34. The topological polar surface area (TPSA) is 38.0 Å². The van der Waals surface area contributed by atoms with Crippen LogP contribution < -0.4 is 11.1 Å². The summed E-state index contributed by atoms with van der Waals surface area (Å²) in [6.07, 6.45) is 1.93. The maximum atomic E-state index is 5.67. The molecule has 3 N–H and O–H groups in total. The third kappa shape index (κ3) is 4.79.